The highest BCUT2D eigenvalue weighted by Gasteiger charge is 2.00. The van der Waals surface area contributed by atoms with Crippen LogP contribution in [0, 0.1) is 0 Å². The lowest BCUT2D eigenvalue weighted by Crippen LogP contribution is -1.89. The SMILES string of the molecule is Nc1cc(CO)cc2[nH]ccc12. The Morgan fingerprint density at radius 1 is 1.42 bits per heavy atom. The average Bonchev–Trinajstić information content (AvgIpc) is 2.52. The van der Waals surface area contributed by atoms with Crippen LogP contribution in [0.2, 0.25) is 0 Å². The van der Waals surface area contributed by atoms with Gasteiger partial charge in [-0.05, 0) is 23.8 Å². The number of nitrogen functional groups attached to an aromatic ring is 1. The van der Waals surface area contributed by atoms with Gasteiger partial charge in [0, 0.05) is 22.8 Å². The molecule has 1 aromatic carbocycles. The fourth-order valence-corrected chi connectivity index (χ4v) is 1.35. The number of fused-ring (bicyclic) bond motifs is 1. The van der Waals surface area contributed by atoms with Gasteiger partial charge < -0.3 is 15.8 Å². The summed E-state index contributed by atoms with van der Waals surface area (Å²) in [5.41, 5.74) is 8.26. The van der Waals surface area contributed by atoms with Crippen LogP contribution in [0.1, 0.15) is 5.56 Å². The maximum Gasteiger partial charge on any atom is 0.0683 e. The molecule has 0 saturated heterocycles. The summed E-state index contributed by atoms with van der Waals surface area (Å²) >= 11 is 0. The summed E-state index contributed by atoms with van der Waals surface area (Å²) in [7, 11) is 0. The molecule has 0 amide bonds. The number of nitrogens with one attached hydrogen (secondary N) is 1. The van der Waals surface area contributed by atoms with Crippen molar-refractivity contribution in [1.29, 1.82) is 0 Å². The smallest absolute Gasteiger partial charge is 0.0683 e. The van der Waals surface area contributed by atoms with Crippen LogP contribution in [0.5, 0.6) is 0 Å². The highest BCUT2D eigenvalue weighted by atomic mass is 16.3. The molecule has 1 heterocycles. The minimum Gasteiger partial charge on any atom is -0.398 e. The van der Waals surface area contributed by atoms with Crippen molar-refractivity contribution in [3.05, 3.63) is 30.0 Å². The second kappa shape index (κ2) is 2.53. The van der Waals surface area contributed by atoms with Gasteiger partial charge in [0.25, 0.3) is 0 Å². The van der Waals surface area contributed by atoms with Crippen LogP contribution in [-0.4, -0.2) is 10.1 Å². The maximum absolute atomic E-state index is 8.89. The van der Waals surface area contributed by atoms with Crippen LogP contribution >= 0.6 is 0 Å². The third-order valence-corrected chi connectivity index (χ3v) is 1.94. The number of aromatic amines is 1. The predicted octanol–water partition coefficient (Wildman–Crippen LogP) is 1.24. The molecule has 62 valence electrons. The van der Waals surface area contributed by atoms with E-state index in [-0.39, 0.29) is 6.61 Å². The quantitative estimate of drug-likeness (QED) is 0.552. The number of rotatable bonds is 1. The van der Waals surface area contributed by atoms with Gasteiger partial charge in [-0.2, -0.15) is 0 Å². The number of hydrogen-bond donors (Lipinski definition) is 3. The third kappa shape index (κ3) is 0.950. The van der Waals surface area contributed by atoms with Gasteiger partial charge >= 0.3 is 0 Å². The van der Waals surface area contributed by atoms with Gasteiger partial charge in [-0.25, -0.2) is 0 Å². The summed E-state index contributed by atoms with van der Waals surface area (Å²) in [5.74, 6) is 0. The van der Waals surface area contributed by atoms with Crippen molar-refractivity contribution in [1.82, 2.24) is 4.98 Å². The van der Waals surface area contributed by atoms with Crippen molar-refractivity contribution in [3.8, 4) is 0 Å². The molecule has 0 unspecified atom stereocenters. The first-order valence-electron chi connectivity index (χ1n) is 3.77. The highest BCUT2D eigenvalue weighted by Crippen LogP contribution is 2.21. The number of aromatic nitrogens is 1. The second-order valence-corrected chi connectivity index (χ2v) is 2.78. The number of anilines is 1. The first-order chi connectivity index (χ1) is 5.81. The van der Waals surface area contributed by atoms with E-state index >= 15 is 0 Å². The Morgan fingerprint density at radius 2 is 2.25 bits per heavy atom. The molecule has 0 spiro atoms. The topological polar surface area (TPSA) is 62.0 Å². The lowest BCUT2D eigenvalue weighted by molar-refractivity contribution is 0.282. The Balaban J connectivity index is 2.75. The van der Waals surface area contributed by atoms with Crippen LogP contribution in [0.25, 0.3) is 10.9 Å². The van der Waals surface area contributed by atoms with Crippen LogP contribution in [0.4, 0.5) is 5.69 Å². The van der Waals surface area contributed by atoms with Gasteiger partial charge in [-0.3, -0.25) is 0 Å². The molecule has 4 N–H and O–H groups in total. The Labute approximate surface area is 69.8 Å². The molecule has 0 radical (unpaired) electrons. The molecule has 0 saturated carbocycles. The van der Waals surface area contributed by atoms with Crippen LogP contribution in [0.15, 0.2) is 24.4 Å². The molecule has 0 fully saturated rings. The first kappa shape index (κ1) is 7.18. The average molecular weight is 162 g/mol. The lowest BCUT2D eigenvalue weighted by Gasteiger charge is -2.00. The number of aliphatic hydroxyl groups excluding tert-OH is 1. The van der Waals surface area contributed by atoms with Crippen LogP contribution in [0.3, 0.4) is 0 Å². The number of hydrogen-bond acceptors (Lipinski definition) is 2. The molecular formula is C9H10N2O. The molecule has 0 aliphatic carbocycles. The van der Waals surface area contributed by atoms with Crippen molar-refractivity contribution in [2.75, 3.05) is 5.73 Å². The van der Waals surface area contributed by atoms with Crippen molar-refractivity contribution >= 4 is 16.6 Å². The molecule has 3 heteroatoms. The van der Waals surface area contributed by atoms with Gasteiger partial charge in [0.2, 0.25) is 0 Å². The highest BCUT2D eigenvalue weighted by molar-refractivity contribution is 5.91. The zero-order chi connectivity index (χ0) is 8.55. The minimum atomic E-state index is 0.0269. The summed E-state index contributed by atoms with van der Waals surface area (Å²) in [6.07, 6.45) is 1.84. The van der Waals surface area contributed by atoms with E-state index < -0.39 is 0 Å². The van der Waals surface area contributed by atoms with Crippen LogP contribution in [-0.2, 0) is 6.61 Å². The van der Waals surface area contributed by atoms with E-state index in [1.54, 1.807) is 6.07 Å². The van der Waals surface area contributed by atoms with E-state index in [2.05, 4.69) is 4.98 Å². The van der Waals surface area contributed by atoms with Gasteiger partial charge in [-0.1, -0.05) is 0 Å². The van der Waals surface area contributed by atoms with E-state index in [0.717, 1.165) is 16.5 Å². The van der Waals surface area contributed by atoms with Gasteiger partial charge in [-0.15, -0.1) is 0 Å². The molecule has 12 heavy (non-hydrogen) atoms. The van der Waals surface area contributed by atoms with Gasteiger partial charge in [0.15, 0.2) is 0 Å². The molecule has 0 aliphatic heterocycles. The lowest BCUT2D eigenvalue weighted by atomic mass is 10.1. The summed E-state index contributed by atoms with van der Waals surface area (Å²) in [6, 6.07) is 5.60. The van der Waals surface area contributed by atoms with Gasteiger partial charge in [0.1, 0.15) is 0 Å². The third-order valence-electron chi connectivity index (χ3n) is 1.94. The normalized spacial score (nSPS) is 10.8. The zero-order valence-electron chi connectivity index (χ0n) is 6.54. The first-order valence-corrected chi connectivity index (χ1v) is 3.77. The fraction of sp³-hybridized carbons (Fsp3) is 0.111. The second-order valence-electron chi connectivity index (χ2n) is 2.78. The molecule has 0 bridgehead atoms. The van der Waals surface area contributed by atoms with E-state index in [0.29, 0.717) is 5.69 Å². The Morgan fingerprint density at radius 3 is 3.00 bits per heavy atom. The predicted molar refractivity (Wildman–Crippen MR) is 48.6 cm³/mol. The van der Waals surface area contributed by atoms with Crippen molar-refractivity contribution in [2.45, 2.75) is 6.61 Å². The van der Waals surface area contributed by atoms with E-state index in [1.165, 1.54) is 0 Å². The van der Waals surface area contributed by atoms with Crippen molar-refractivity contribution in [2.24, 2.45) is 0 Å². The van der Waals surface area contributed by atoms with Crippen LogP contribution < -0.4 is 5.73 Å². The monoisotopic (exact) mass is 162 g/mol. The molecule has 1 aromatic heterocycles. The van der Waals surface area contributed by atoms with Crippen molar-refractivity contribution in [3.63, 3.8) is 0 Å². The minimum absolute atomic E-state index is 0.0269. The number of H-pyrrole nitrogens is 1. The van der Waals surface area contributed by atoms with E-state index in [1.807, 2.05) is 18.3 Å². The van der Waals surface area contributed by atoms with Crippen molar-refractivity contribution < 1.29 is 5.11 Å². The zero-order valence-corrected chi connectivity index (χ0v) is 6.54. The number of benzene rings is 1. The summed E-state index contributed by atoms with van der Waals surface area (Å²) in [5, 5.41) is 9.90. The standard InChI is InChI=1S/C9H10N2O/c10-8-3-6(5-12)4-9-7(8)1-2-11-9/h1-4,11-12H,5,10H2. The number of aliphatic hydroxyl groups is 1. The maximum atomic E-state index is 8.89. The molecule has 0 atom stereocenters. The molecule has 0 aliphatic rings. The number of nitrogens with two attached hydrogens (primary N) is 1. The molecular weight excluding hydrogens is 152 g/mol. The summed E-state index contributed by atoms with van der Waals surface area (Å²) < 4.78 is 0. The van der Waals surface area contributed by atoms with Gasteiger partial charge in [0.05, 0.1) is 6.61 Å². The fourth-order valence-electron chi connectivity index (χ4n) is 1.35. The Kier molecular flexibility index (Phi) is 1.52. The Bertz CT molecular complexity index is 406. The Hall–Kier alpha value is -1.48. The molecule has 2 rings (SSSR count). The van der Waals surface area contributed by atoms with E-state index in [9.17, 15) is 0 Å². The summed E-state index contributed by atoms with van der Waals surface area (Å²) in [6.45, 7) is 0.0269. The van der Waals surface area contributed by atoms with E-state index in [4.69, 9.17) is 10.8 Å². The molecule has 2 aromatic rings. The largest absolute Gasteiger partial charge is 0.398 e. The summed E-state index contributed by atoms with van der Waals surface area (Å²) in [4.78, 5) is 3.04. The molecule has 3 nitrogen and oxygen atoms in total.